The van der Waals surface area contributed by atoms with E-state index in [2.05, 4.69) is 10.3 Å². The molecule has 0 bridgehead atoms. The van der Waals surface area contributed by atoms with Crippen LogP contribution in [-0.4, -0.2) is 18.6 Å². The summed E-state index contributed by atoms with van der Waals surface area (Å²) in [5.41, 5.74) is 0. The average molecular weight is 142 g/mol. The van der Waals surface area contributed by atoms with Crippen LogP contribution >= 0.6 is 11.3 Å². The van der Waals surface area contributed by atoms with Crippen LogP contribution < -0.4 is 5.32 Å². The third-order valence-corrected chi connectivity index (χ3v) is 1.91. The number of aromatic nitrogens is 1. The van der Waals surface area contributed by atoms with Crippen LogP contribution in [0.1, 0.15) is 5.01 Å². The number of rotatable bonds is 3. The summed E-state index contributed by atoms with van der Waals surface area (Å²) in [7, 11) is 1.95. The molecule has 9 heavy (non-hydrogen) atoms. The van der Waals surface area contributed by atoms with Crippen LogP contribution in [0.25, 0.3) is 0 Å². The third kappa shape index (κ3) is 2.11. The fourth-order valence-corrected chi connectivity index (χ4v) is 1.23. The number of hydrogen-bond acceptors (Lipinski definition) is 3. The molecule has 0 aliphatic heterocycles. The van der Waals surface area contributed by atoms with Crippen LogP contribution in [0.2, 0.25) is 0 Å². The summed E-state index contributed by atoms with van der Waals surface area (Å²) in [4.78, 5) is 4.13. The van der Waals surface area contributed by atoms with E-state index >= 15 is 0 Å². The lowest BCUT2D eigenvalue weighted by Crippen LogP contribution is -2.09. The van der Waals surface area contributed by atoms with Gasteiger partial charge in [-0.25, -0.2) is 4.98 Å². The lowest BCUT2D eigenvalue weighted by atomic mass is 10.4. The molecule has 2 nitrogen and oxygen atoms in total. The summed E-state index contributed by atoms with van der Waals surface area (Å²) in [6.45, 7) is 1.02. The predicted octanol–water partition coefficient (Wildman–Crippen LogP) is 0.905. The standard InChI is InChI=1S/C6H10N2S/c1-7-3-2-6-8-4-5-9-6/h4-5,7H,2-3H2,1H3. The van der Waals surface area contributed by atoms with E-state index in [1.165, 1.54) is 5.01 Å². The molecule has 1 N–H and O–H groups in total. The van der Waals surface area contributed by atoms with Gasteiger partial charge in [0.05, 0.1) is 5.01 Å². The van der Waals surface area contributed by atoms with Gasteiger partial charge in [-0.15, -0.1) is 11.3 Å². The van der Waals surface area contributed by atoms with Crippen molar-refractivity contribution in [3.05, 3.63) is 16.6 Å². The second-order valence-corrected chi connectivity index (χ2v) is 2.76. The fourth-order valence-electron chi connectivity index (χ4n) is 0.608. The number of hydrogen-bond donors (Lipinski definition) is 1. The molecule has 0 spiro atoms. The first-order valence-corrected chi connectivity index (χ1v) is 3.84. The van der Waals surface area contributed by atoms with Crippen molar-refractivity contribution in [2.45, 2.75) is 6.42 Å². The monoisotopic (exact) mass is 142 g/mol. The van der Waals surface area contributed by atoms with Crippen molar-refractivity contribution >= 4 is 11.3 Å². The summed E-state index contributed by atoms with van der Waals surface area (Å²) < 4.78 is 0. The number of nitrogens with one attached hydrogen (secondary N) is 1. The molecule has 0 radical (unpaired) electrons. The Morgan fingerprint density at radius 1 is 1.78 bits per heavy atom. The Kier molecular flexibility index (Phi) is 2.67. The summed E-state index contributed by atoms with van der Waals surface area (Å²) in [5.74, 6) is 0. The van der Waals surface area contributed by atoms with Crippen LogP contribution in [0.5, 0.6) is 0 Å². The second-order valence-electron chi connectivity index (χ2n) is 1.78. The molecule has 50 valence electrons. The quantitative estimate of drug-likeness (QED) is 0.678. The number of thiazole rings is 1. The topological polar surface area (TPSA) is 24.9 Å². The van der Waals surface area contributed by atoms with Gasteiger partial charge in [0.15, 0.2) is 0 Å². The van der Waals surface area contributed by atoms with Gasteiger partial charge in [0.2, 0.25) is 0 Å². The lowest BCUT2D eigenvalue weighted by molar-refractivity contribution is 0.787. The van der Waals surface area contributed by atoms with E-state index in [1.807, 2.05) is 18.6 Å². The minimum Gasteiger partial charge on any atom is -0.319 e. The zero-order valence-electron chi connectivity index (χ0n) is 5.42. The Bertz CT molecular complexity index is 148. The molecular weight excluding hydrogens is 132 g/mol. The Morgan fingerprint density at radius 2 is 2.67 bits per heavy atom. The Morgan fingerprint density at radius 3 is 3.22 bits per heavy atom. The fraction of sp³-hybridized carbons (Fsp3) is 0.500. The highest BCUT2D eigenvalue weighted by atomic mass is 32.1. The largest absolute Gasteiger partial charge is 0.319 e. The zero-order chi connectivity index (χ0) is 6.53. The van der Waals surface area contributed by atoms with Gasteiger partial charge in [-0.1, -0.05) is 0 Å². The Labute approximate surface area is 58.9 Å². The molecule has 0 saturated heterocycles. The maximum atomic E-state index is 4.13. The van der Waals surface area contributed by atoms with Gasteiger partial charge < -0.3 is 5.32 Å². The first-order chi connectivity index (χ1) is 4.43. The summed E-state index contributed by atoms with van der Waals surface area (Å²) in [6, 6.07) is 0. The van der Waals surface area contributed by atoms with E-state index in [4.69, 9.17) is 0 Å². The van der Waals surface area contributed by atoms with E-state index < -0.39 is 0 Å². The van der Waals surface area contributed by atoms with E-state index in [0.717, 1.165) is 13.0 Å². The van der Waals surface area contributed by atoms with Crippen molar-refractivity contribution in [3.8, 4) is 0 Å². The Hall–Kier alpha value is -0.410. The molecule has 0 aliphatic rings. The molecule has 0 atom stereocenters. The predicted molar refractivity (Wildman–Crippen MR) is 39.7 cm³/mol. The minimum absolute atomic E-state index is 1.02. The van der Waals surface area contributed by atoms with Gasteiger partial charge in [0.25, 0.3) is 0 Å². The zero-order valence-corrected chi connectivity index (χ0v) is 6.24. The van der Waals surface area contributed by atoms with Crippen molar-refractivity contribution in [1.29, 1.82) is 0 Å². The van der Waals surface area contributed by atoms with Crippen molar-refractivity contribution in [1.82, 2.24) is 10.3 Å². The highest BCUT2D eigenvalue weighted by Gasteiger charge is 1.90. The molecule has 0 unspecified atom stereocenters. The molecule has 0 amide bonds. The SMILES string of the molecule is CNCCc1nccs1. The smallest absolute Gasteiger partial charge is 0.0937 e. The van der Waals surface area contributed by atoms with E-state index in [1.54, 1.807) is 11.3 Å². The third-order valence-electron chi connectivity index (χ3n) is 1.07. The summed E-state index contributed by atoms with van der Waals surface area (Å²) in [5, 5.41) is 6.29. The maximum absolute atomic E-state index is 4.13. The van der Waals surface area contributed by atoms with E-state index in [-0.39, 0.29) is 0 Å². The number of likely N-dealkylation sites (N-methyl/N-ethyl adjacent to an activating group) is 1. The molecule has 1 aromatic rings. The minimum atomic E-state index is 1.02. The van der Waals surface area contributed by atoms with Crippen LogP contribution in [0.15, 0.2) is 11.6 Å². The van der Waals surface area contributed by atoms with Gasteiger partial charge in [-0.3, -0.25) is 0 Å². The van der Waals surface area contributed by atoms with Crippen LogP contribution in [0.4, 0.5) is 0 Å². The average Bonchev–Trinajstić information content (AvgIpc) is 2.34. The van der Waals surface area contributed by atoms with Crippen molar-refractivity contribution < 1.29 is 0 Å². The van der Waals surface area contributed by atoms with Gasteiger partial charge >= 0.3 is 0 Å². The van der Waals surface area contributed by atoms with Gasteiger partial charge in [0, 0.05) is 24.5 Å². The molecule has 1 rings (SSSR count). The molecule has 1 aromatic heterocycles. The first kappa shape index (κ1) is 6.71. The molecular formula is C6H10N2S. The van der Waals surface area contributed by atoms with Crippen molar-refractivity contribution in [2.75, 3.05) is 13.6 Å². The van der Waals surface area contributed by atoms with E-state index in [0.29, 0.717) is 0 Å². The lowest BCUT2D eigenvalue weighted by Gasteiger charge is -1.91. The molecule has 0 fully saturated rings. The van der Waals surface area contributed by atoms with Gasteiger partial charge in [0.1, 0.15) is 0 Å². The van der Waals surface area contributed by atoms with Crippen LogP contribution in [-0.2, 0) is 6.42 Å². The second kappa shape index (κ2) is 3.58. The molecule has 0 saturated carbocycles. The maximum Gasteiger partial charge on any atom is 0.0937 e. The molecule has 0 aliphatic carbocycles. The van der Waals surface area contributed by atoms with Crippen molar-refractivity contribution in [2.24, 2.45) is 0 Å². The highest BCUT2D eigenvalue weighted by molar-refractivity contribution is 7.09. The van der Waals surface area contributed by atoms with Crippen LogP contribution in [0.3, 0.4) is 0 Å². The number of nitrogens with zero attached hydrogens (tertiary/aromatic N) is 1. The van der Waals surface area contributed by atoms with Crippen LogP contribution in [0, 0.1) is 0 Å². The summed E-state index contributed by atoms with van der Waals surface area (Å²) in [6.07, 6.45) is 2.89. The highest BCUT2D eigenvalue weighted by Crippen LogP contribution is 2.02. The Balaban J connectivity index is 2.30. The first-order valence-electron chi connectivity index (χ1n) is 2.96. The van der Waals surface area contributed by atoms with Gasteiger partial charge in [-0.2, -0.15) is 0 Å². The van der Waals surface area contributed by atoms with E-state index in [9.17, 15) is 0 Å². The molecule has 3 heteroatoms. The van der Waals surface area contributed by atoms with Crippen molar-refractivity contribution in [3.63, 3.8) is 0 Å². The van der Waals surface area contributed by atoms with Gasteiger partial charge in [-0.05, 0) is 7.05 Å². The molecule has 0 aromatic carbocycles. The molecule has 1 heterocycles. The normalized spacial score (nSPS) is 9.89. The summed E-state index contributed by atoms with van der Waals surface area (Å²) >= 11 is 1.71.